The van der Waals surface area contributed by atoms with E-state index in [1.165, 1.54) is 6.08 Å². The number of carbonyl (C=O) groups is 2. The Hall–Kier alpha value is -1.36. The number of carboxylic acids is 1. The molecule has 0 saturated heterocycles. The van der Waals surface area contributed by atoms with Gasteiger partial charge >= 0.3 is 11.9 Å². The minimum absolute atomic E-state index is 0.299. The largest absolute Gasteiger partial charge is 0.478 e. The lowest BCUT2D eigenvalue weighted by Crippen LogP contribution is -2.49. The molecule has 0 bridgehead atoms. The summed E-state index contributed by atoms with van der Waals surface area (Å²) in [6, 6.07) is -0.495. The van der Waals surface area contributed by atoms with Gasteiger partial charge in [0, 0.05) is 12.6 Å². The molecule has 0 fully saturated rings. The number of aliphatic carboxylic acids is 1. The summed E-state index contributed by atoms with van der Waals surface area (Å²) in [6.45, 7) is 11.5. The van der Waals surface area contributed by atoms with Crippen LogP contribution in [-0.2, 0) is 14.3 Å². The standard InChI is InChI=1S/C14H25NO4/c1-13(2,3)11(12(18)19-14(4,5)6)15-9-7-8-10(16)17/h7-8,11,15H,9H2,1-6H3,(H,16,17)/b8-7+/t11-/m1/s1. The highest BCUT2D eigenvalue weighted by Crippen LogP contribution is 2.22. The number of hydrogen-bond acceptors (Lipinski definition) is 4. The molecule has 0 rings (SSSR count). The van der Waals surface area contributed by atoms with E-state index in [1.807, 2.05) is 41.5 Å². The normalized spacial score (nSPS) is 14.4. The van der Waals surface area contributed by atoms with E-state index < -0.39 is 17.6 Å². The number of esters is 1. The van der Waals surface area contributed by atoms with E-state index in [4.69, 9.17) is 9.84 Å². The zero-order valence-corrected chi connectivity index (χ0v) is 12.6. The van der Waals surface area contributed by atoms with Crippen LogP contribution in [0.5, 0.6) is 0 Å². The van der Waals surface area contributed by atoms with Crippen molar-refractivity contribution < 1.29 is 19.4 Å². The van der Waals surface area contributed by atoms with Gasteiger partial charge in [0.05, 0.1) is 0 Å². The van der Waals surface area contributed by atoms with Crippen molar-refractivity contribution in [1.82, 2.24) is 5.32 Å². The van der Waals surface area contributed by atoms with Crippen LogP contribution in [0.15, 0.2) is 12.2 Å². The van der Waals surface area contributed by atoms with Crippen molar-refractivity contribution >= 4 is 11.9 Å². The van der Waals surface area contributed by atoms with E-state index in [2.05, 4.69) is 5.32 Å². The fraction of sp³-hybridized carbons (Fsp3) is 0.714. The van der Waals surface area contributed by atoms with Crippen molar-refractivity contribution in [2.24, 2.45) is 5.41 Å². The summed E-state index contributed by atoms with van der Waals surface area (Å²) in [7, 11) is 0. The lowest BCUT2D eigenvalue weighted by Gasteiger charge is -2.32. The summed E-state index contributed by atoms with van der Waals surface area (Å²) in [5.74, 6) is -1.34. The van der Waals surface area contributed by atoms with Crippen molar-refractivity contribution in [3.63, 3.8) is 0 Å². The fourth-order valence-electron chi connectivity index (χ4n) is 1.45. The summed E-state index contributed by atoms with van der Waals surface area (Å²) in [6.07, 6.45) is 2.51. The maximum absolute atomic E-state index is 12.1. The average Bonchev–Trinajstić information content (AvgIpc) is 2.11. The van der Waals surface area contributed by atoms with Gasteiger partial charge in [0.2, 0.25) is 0 Å². The predicted molar refractivity (Wildman–Crippen MR) is 73.9 cm³/mol. The third-order valence-electron chi connectivity index (χ3n) is 2.21. The van der Waals surface area contributed by atoms with Crippen molar-refractivity contribution in [2.45, 2.75) is 53.2 Å². The van der Waals surface area contributed by atoms with E-state index in [9.17, 15) is 9.59 Å². The van der Waals surface area contributed by atoms with Crippen LogP contribution in [-0.4, -0.2) is 35.2 Å². The first kappa shape index (κ1) is 17.6. The molecule has 0 amide bonds. The third-order valence-corrected chi connectivity index (χ3v) is 2.21. The molecule has 0 aromatic carbocycles. The van der Waals surface area contributed by atoms with Crippen LogP contribution in [0.25, 0.3) is 0 Å². The van der Waals surface area contributed by atoms with Gasteiger partial charge in [-0.05, 0) is 26.2 Å². The highest BCUT2D eigenvalue weighted by Gasteiger charge is 2.34. The maximum atomic E-state index is 12.1. The Bertz CT molecular complexity index is 347. The first-order valence-electron chi connectivity index (χ1n) is 6.29. The maximum Gasteiger partial charge on any atom is 0.328 e. The van der Waals surface area contributed by atoms with Gasteiger partial charge in [-0.25, -0.2) is 4.79 Å². The van der Waals surface area contributed by atoms with E-state index in [0.717, 1.165) is 6.08 Å². The third kappa shape index (κ3) is 8.37. The quantitative estimate of drug-likeness (QED) is 0.590. The number of rotatable bonds is 5. The lowest BCUT2D eigenvalue weighted by molar-refractivity contribution is -0.160. The molecular formula is C14H25NO4. The zero-order valence-electron chi connectivity index (χ0n) is 12.6. The van der Waals surface area contributed by atoms with E-state index >= 15 is 0 Å². The molecule has 0 aromatic heterocycles. The summed E-state index contributed by atoms with van der Waals surface area (Å²) in [4.78, 5) is 22.5. The number of nitrogens with one attached hydrogen (secondary N) is 1. The minimum Gasteiger partial charge on any atom is -0.478 e. The first-order chi connectivity index (χ1) is 8.43. The summed E-state index contributed by atoms with van der Waals surface area (Å²) >= 11 is 0. The lowest BCUT2D eigenvalue weighted by atomic mass is 9.86. The molecule has 19 heavy (non-hydrogen) atoms. The molecule has 0 aliphatic carbocycles. The van der Waals surface area contributed by atoms with Gasteiger partial charge in [-0.3, -0.25) is 4.79 Å². The van der Waals surface area contributed by atoms with Crippen LogP contribution in [0, 0.1) is 5.41 Å². The Labute approximate surface area is 115 Å². The predicted octanol–water partition coefficient (Wildman–Crippen LogP) is 1.97. The van der Waals surface area contributed by atoms with Gasteiger partial charge in [-0.1, -0.05) is 26.8 Å². The monoisotopic (exact) mass is 271 g/mol. The molecule has 0 aliphatic rings. The summed E-state index contributed by atoms with van der Waals surface area (Å²) < 4.78 is 5.36. The van der Waals surface area contributed by atoms with Gasteiger partial charge in [-0.2, -0.15) is 0 Å². The van der Waals surface area contributed by atoms with Crippen LogP contribution in [0.4, 0.5) is 0 Å². The average molecular weight is 271 g/mol. The first-order valence-corrected chi connectivity index (χ1v) is 6.29. The number of hydrogen-bond donors (Lipinski definition) is 2. The molecule has 0 heterocycles. The second-order valence-electron chi connectivity index (χ2n) is 6.48. The summed E-state index contributed by atoms with van der Waals surface area (Å²) in [5.41, 5.74) is -0.863. The van der Waals surface area contributed by atoms with Crippen LogP contribution >= 0.6 is 0 Å². The highest BCUT2D eigenvalue weighted by atomic mass is 16.6. The second-order valence-corrected chi connectivity index (χ2v) is 6.48. The Kier molecular flexibility index (Phi) is 6.22. The number of ether oxygens (including phenoxy) is 1. The number of carboxylic acid groups (broad SMARTS) is 1. The van der Waals surface area contributed by atoms with Crippen LogP contribution in [0.2, 0.25) is 0 Å². The molecular weight excluding hydrogens is 246 g/mol. The van der Waals surface area contributed by atoms with Crippen molar-refractivity contribution in [3.05, 3.63) is 12.2 Å². The Balaban J connectivity index is 4.66. The summed E-state index contributed by atoms with van der Waals surface area (Å²) in [5, 5.41) is 11.5. The van der Waals surface area contributed by atoms with Crippen LogP contribution < -0.4 is 5.32 Å². The molecule has 0 spiro atoms. The molecule has 0 aromatic rings. The molecule has 110 valence electrons. The molecule has 0 radical (unpaired) electrons. The highest BCUT2D eigenvalue weighted by molar-refractivity contribution is 5.80. The van der Waals surface area contributed by atoms with Crippen molar-refractivity contribution in [2.75, 3.05) is 6.54 Å². The van der Waals surface area contributed by atoms with Crippen molar-refractivity contribution in [3.8, 4) is 0 Å². The molecule has 5 heteroatoms. The zero-order chi connectivity index (χ0) is 15.3. The Morgan fingerprint density at radius 3 is 2.11 bits per heavy atom. The van der Waals surface area contributed by atoms with Crippen LogP contribution in [0.1, 0.15) is 41.5 Å². The molecule has 0 aliphatic heterocycles. The molecule has 0 unspecified atom stereocenters. The minimum atomic E-state index is -1.01. The van der Waals surface area contributed by atoms with E-state index in [-0.39, 0.29) is 11.4 Å². The van der Waals surface area contributed by atoms with Crippen LogP contribution in [0.3, 0.4) is 0 Å². The van der Waals surface area contributed by atoms with Gasteiger partial charge in [0.1, 0.15) is 11.6 Å². The van der Waals surface area contributed by atoms with Gasteiger partial charge in [0.25, 0.3) is 0 Å². The molecule has 2 N–H and O–H groups in total. The SMILES string of the molecule is CC(C)(C)OC(=O)[C@@H](NC/C=C/C(=O)O)C(C)(C)C. The Morgan fingerprint density at radius 2 is 1.74 bits per heavy atom. The van der Waals surface area contributed by atoms with Crippen molar-refractivity contribution in [1.29, 1.82) is 0 Å². The molecule has 5 nitrogen and oxygen atoms in total. The second kappa shape index (κ2) is 6.70. The topological polar surface area (TPSA) is 75.6 Å². The molecule has 0 saturated carbocycles. The van der Waals surface area contributed by atoms with Gasteiger partial charge in [0.15, 0.2) is 0 Å². The Morgan fingerprint density at radius 1 is 1.21 bits per heavy atom. The number of carbonyl (C=O) groups excluding carboxylic acids is 1. The smallest absolute Gasteiger partial charge is 0.328 e. The van der Waals surface area contributed by atoms with E-state index in [0.29, 0.717) is 6.54 Å². The van der Waals surface area contributed by atoms with E-state index in [1.54, 1.807) is 0 Å². The van der Waals surface area contributed by atoms with Gasteiger partial charge < -0.3 is 15.2 Å². The van der Waals surface area contributed by atoms with Gasteiger partial charge in [-0.15, -0.1) is 0 Å². The fourth-order valence-corrected chi connectivity index (χ4v) is 1.45. The molecule has 1 atom stereocenters.